The Morgan fingerprint density at radius 2 is 1.46 bits per heavy atom. The molecule has 2 heterocycles. The Kier molecular flexibility index (Phi) is 4.11. The summed E-state index contributed by atoms with van der Waals surface area (Å²) in [6.07, 6.45) is 3.24. The van der Waals surface area contributed by atoms with Crippen molar-refractivity contribution in [3.05, 3.63) is 48.8 Å². The molecule has 7 N–H and O–H groups in total. The quantitative estimate of drug-likeness (QED) is 0.231. The van der Waals surface area contributed by atoms with Crippen molar-refractivity contribution in [3.63, 3.8) is 0 Å². The van der Waals surface area contributed by atoms with E-state index in [4.69, 9.17) is 17.2 Å². The number of hydrogen-bond donors (Lipinski definition) is 4. The minimum absolute atomic E-state index is 0.257. The minimum Gasteiger partial charge on any atom is -0.397 e. The summed E-state index contributed by atoms with van der Waals surface area (Å²) < 4.78 is 3.52. The number of nitrogens with zero attached hydrogens (tertiary/aromatic N) is 5. The van der Waals surface area contributed by atoms with Crippen LogP contribution in [-0.4, -0.2) is 16.2 Å². The van der Waals surface area contributed by atoms with E-state index in [1.807, 2.05) is 50.5 Å². The lowest BCUT2D eigenvalue weighted by molar-refractivity contribution is -0.705. The van der Waals surface area contributed by atoms with Crippen LogP contribution in [0.15, 0.2) is 53.8 Å². The van der Waals surface area contributed by atoms with Crippen LogP contribution >= 0.6 is 0 Å². The van der Waals surface area contributed by atoms with E-state index in [0.29, 0.717) is 17.1 Å². The standard InChI is InChI=1S/C19H19N9/c1-27-17-5-3-11(7-13(17)15(20)9-23-27)25-19(22)26-12-4-6-18-14(8-12)16(21)10-24-28(18)2/h3-10,20-21H,1-2H3,(H3,22,25,26)/p+2. The van der Waals surface area contributed by atoms with Crippen LogP contribution in [0.3, 0.4) is 0 Å². The predicted octanol–water partition coefficient (Wildman–Crippen LogP) is 0.655. The molecule has 0 amide bonds. The number of nitrogens with one attached hydrogen (secondary N) is 1. The largest absolute Gasteiger partial charge is 0.397 e. The van der Waals surface area contributed by atoms with Crippen LogP contribution < -0.4 is 31.9 Å². The number of aliphatic imine (C=N–C) groups is 1. The van der Waals surface area contributed by atoms with Gasteiger partial charge >= 0.3 is 0 Å². The number of fused-ring (bicyclic) bond motifs is 2. The lowest BCUT2D eigenvalue weighted by Gasteiger charge is -2.07. The highest BCUT2D eigenvalue weighted by Gasteiger charge is 2.12. The number of anilines is 3. The summed E-state index contributed by atoms with van der Waals surface area (Å²) in [6.45, 7) is 0. The summed E-state index contributed by atoms with van der Waals surface area (Å²) >= 11 is 0. The molecule has 0 radical (unpaired) electrons. The van der Waals surface area contributed by atoms with E-state index < -0.39 is 0 Å². The second kappa shape index (κ2) is 6.62. The SMILES string of the molecule is C[n+]1ncc(N)c2cc(N=C(N)Nc3ccc4c(c3)c(N)cn[n+]4C)ccc21. The third-order valence-electron chi connectivity index (χ3n) is 4.56. The molecule has 9 heteroatoms. The monoisotopic (exact) mass is 375 g/mol. The minimum atomic E-state index is 0.257. The fourth-order valence-corrected chi connectivity index (χ4v) is 3.11. The van der Waals surface area contributed by atoms with Gasteiger partial charge in [0.2, 0.25) is 11.0 Å². The van der Waals surface area contributed by atoms with E-state index >= 15 is 0 Å². The molecule has 0 atom stereocenters. The van der Waals surface area contributed by atoms with E-state index in [-0.39, 0.29) is 5.96 Å². The molecule has 2 aromatic heterocycles. The topological polar surface area (TPSA) is 136 Å². The van der Waals surface area contributed by atoms with Crippen LogP contribution in [0.5, 0.6) is 0 Å². The third-order valence-corrected chi connectivity index (χ3v) is 4.56. The number of nitrogen functional groups attached to an aromatic ring is 2. The van der Waals surface area contributed by atoms with Crippen molar-refractivity contribution in [2.75, 3.05) is 16.8 Å². The van der Waals surface area contributed by atoms with Gasteiger partial charge in [0.05, 0.1) is 27.8 Å². The summed E-state index contributed by atoms with van der Waals surface area (Å²) in [5, 5.41) is 13.2. The van der Waals surface area contributed by atoms with Crippen LogP contribution in [0.4, 0.5) is 22.7 Å². The molecule has 0 spiro atoms. The van der Waals surface area contributed by atoms with Crippen molar-refractivity contribution in [3.8, 4) is 0 Å². The fourth-order valence-electron chi connectivity index (χ4n) is 3.11. The molecule has 0 fully saturated rings. The molecule has 0 aliphatic carbocycles. The van der Waals surface area contributed by atoms with Gasteiger partial charge in [0.1, 0.15) is 12.4 Å². The maximum atomic E-state index is 6.10. The van der Waals surface area contributed by atoms with Crippen molar-refractivity contribution in [2.24, 2.45) is 24.8 Å². The summed E-state index contributed by atoms with van der Waals surface area (Å²) in [5.41, 5.74) is 22.7. The van der Waals surface area contributed by atoms with Gasteiger partial charge in [-0.1, -0.05) is 9.36 Å². The lowest BCUT2D eigenvalue weighted by Crippen LogP contribution is -2.33. The van der Waals surface area contributed by atoms with E-state index in [2.05, 4.69) is 20.5 Å². The van der Waals surface area contributed by atoms with Crippen LogP contribution in [0.25, 0.3) is 21.8 Å². The number of rotatable bonds is 2. The molecule has 9 nitrogen and oxygen atoms in total. The molecule has 0 aliphatic rings. The summed E-state index contributed by atoms with van der Waals surface area (Å²) in [6, 6.07) is 11.4. The highest BCUT2D eigenvalue weighted by Crippen LogP contribution is 2.24. The molecule has 140 valence electrons. The zero-order chi connectivity index (χ0) is 19.8. The predicted molar refractivity (Wildman–Crippen MR) is 110 cm³/mol. The number of hydrogen-bond acceptors (Lipinski definition) is 5. The molecule has 0 saturated carbocycles. The average Bonchev–Trinajstić information content (AvgIpc) is 2.68. The number of benzene rings is 2. The van der Waals surface area contributed by atoms with Gasteiger partial charge in [0.15, 0.2) is 20.1 Å². The number of aryl methyl sites for hydroxylation is 2. The molecule has 4 rings (SSSR count). The highest BCUT2D eigenvalue weighted by atomic mass is 15.2. The van der Waals surface area contributed by atoms with Crippen molar-refractivity contribution in [2.45, 2.75) is 0 Å². The maximum absolute atomic E-state index is 6.10. The van der Waals surface area contributed by atoms with E-state index in [0.717, 1.165) is 27.5 Å². The fraction of sp³-hybridized carbons (Fsp3) is 0.105. The molecule has 0 unspecified atom stereocenters. The second-order valence-corrected chi connectivity index (χ2v) is 6.50. The Hall–Kier alpha value is -4.01. The van der Waals surface area contributed by atoms with Crippen LogP contribution in [0, 0.1) is 0 Å². The number of guanidine groups is 1. The first-order valence-corrected chi connectivity index (χ1v) is 8.62. The van der Waals surface area contributed by atoms with Crippen molar-refractivity contribution < 1.29 is 9.36 Å². The average molecular weight is 375 g/mol. The molecule has 4 aromatic rings. The first-order chi connectivity index (χ1) is 13.4. The lowest BCUT2D eigenvalue weighted by atomic mass is 10.2. The van der Waals surface area contributed by atoms with Crippen molar-refractivity contribution >= 4 is 50.5 Å². The summed E-state index contributed by atoms with van der Waals surface area (Å²) in [7, 11) is 3.73. The van der Waals surface area contributed by atoms with Gasteiger partial charge in [-0.2, -0.15) is 0 Å². The highest BCUT2D eigenvalue weighted by molar-refractivity contribution is 5.98. The Balaban J connectivity index is 1.66. The normalized spacial score (nSPS) is 11.9. The summed E-state index contributed by atoms with van der Waals surface area (Å²) in [5.74, 6) is 0.257. The van der Waals surface area contributed by atoms with E-state index in [9.17, 15) is 0 Å². The van der Waals surface area contributed by atoms with Gasteiger partial charge in [-0.15, -0.1) is 0 Å². The Morgan fingerprint density at radius 3 is 2.11 bits per heavy atom. The molecule has 0 aliphatic heterocycles. The molecule has 0 bridgehead atoms. The molecular formula is C19H21N9+2. The molecule has 2 aromatic carbocycles. The van der Waals surface area contributed by atoms with Crippen LogP contribution in [-0.2, 0) is 14.1 Å². The third kappa shape index (κ3) is 3.09. The van der Waals surface area contributed by atoms with Crippen molar-refractivity contribution in [1.29, 1.82) is 0 Å². The Labute approximate surface area is 161 Å². The second-order valence-electron chi connectivity index (χ2n) is 6.50. The van der Waals surface area contributed by atoms with E-state index in [1.54, 1.807) is 21.8 Å². The van der Waals surface area contributed by atoms with Gasteiger partial charge in [-0.25, -0.2) is 4.99 Å². The van der Waals surface area contributed by atoms with Crippen LogP contribution in [0.1, 0.15) is 0 Å². The van der Waals surface area contributed by atoms with Gasteiger partial charge in [-0.3, -0.25) is 0 Å². The number of nitrogens with two attached hydrogens (primary N) is 3. The molecule has 0 saturated heterocycles. The Bertz CT molecular complexity index is 1250. The first kappa shape index (κ1) is 17.4. The summed E-state index contributed by atoms with van der Waals surface area (Å²) in [4.78, 5) is 4.44. The van der Waals surface area contributed by atoms with Crippen LogP contribution in [0.2, 0.25) is 0 Å². The van der Waals surface area contributed by atoms with Gasteiger partial charge in [0, 0.05) is 17.8 Å². The smallest absolute Gasteiger partial charge is 0.241 e. The van der Waals surface area contributed by atoms with Crippen molar-refractivity contribution in [1.82, 2.24) is 10.2 Å². The van der Waals surface area contributed by atoms with E-state index in [1.165, 1.54) is 0 Å². The molecule has 28 heavy (non-hydrogen) atoms. The van der Waals surface area contributed by atoms with Gasteiger partial charge in [-0.05, 0) is 34.5 Å². The Morgan fingerprint density at radius 1 is 0.893 bits per heavy atom. The zero-order valence-corrected chi connectivity index (χ0v) is 15.6. The number of aromatic nitrogens is 4. The zero-order valence-electron chi connectivity index (χ0n) is 15.6. The first-order valence-electron chi connectivity index (χ1n) is 8.62. The maximum Gasteiger partial charge on any atom is 0.241 e. The molecular weight excluding hydrogens is 354 g/mol. The van der Waals surface area contributed by atoms with Gasteiger partial charge < -0.3 is 22.5 Å². The van der Waals surface area contributed by atoms with Gasteiger partial charge in [0.25, 0.3) is 0 Å².